The number of amides is 1. The van der Waals surface area contributed by atoms with Crippen molar-refractivity contribution in [3.8, 4) is 5.69 Å². The predicted octanol–water partition coefficient (Wildman–Crippen LogP) is 2.34. The van der Waals surface area contributed by atoms with Gasteiger partial charge in [-0.05, 0) is 44.0 Å². The molecule has 0 fully saturated rings. The molecule has 0 atom stereocenters. The number of aromatic nitrogens is 2. The van der Waals surface area contributed by atoms with Crippen LogP contribution in [0.25, 0.3) is 5.69 Å². The van der Waals surface area contributed by atoms with E-state index in [2.05, 4.69) is 12.0 Å². The molecule has 0 bridgehead atoms. The van der Waals surface area contributed by atoms with Gasteiger partial charge in [-0.3, -0.25) is 4.79 Å². The molecule has 1 heterocycles. The number of anilines is 1. The summed E-state index contributed by atoms with van der Waals surface area (Å²) in [7, 11) is 3.47. The molecule has 0 unspecified atom stereocenters. The van der Waals surface area contributed by atoms with E-state index < -0.39 is 0 Å². The van der Waals surface area contributed by atoms with Gasteiger partial charge in [0.15, 0.2) is 0 Å². The van der Waals surface area contributed by atoms with E-state index >= 15 is 0 Å². The Bertz CT molecular complexity index is 686. The largest absolute Gasteiger partial charge is 0.399 e. The molecule has 5 heteroatoms. The molecule has 0 radical (unpaired) electrons. The van der Waals surface area contributed by atoms with Crippen molar-refractivity contribution >= 4 is 11.6 Å². The van der Waals surface area contributed by atoms with Gasteiger partial charge in [0.05, 0.1) is 16.9 Å². The van der Waals surface area contributed by atoms with Crippen molar-refractivity contribution in [1.82, 2.24) is 14.7 Å². The normalized spacial score (nSPS) is 10.7. The number of rotatable bonds is 3. The number of nitrogens with zero attached hydrogens (tertiary/aromatic N) is 3. The molecule has 0 aliphatic carbocycles. The standard InChI is InChI=1S/C16H22N4O/c1-6-13-10(2)18-20(11(13)3)15-9-12(17)7-8-14(15)16(21)19(4)5/h7-9H,6,17H2,1-5H3. The van der Waals surface area contributed by atoms with E-state index in [0.717, 1.165) is 23.5 Å². The lowest BCUT2D eigenvalue weighted by molar-refractivity contribution is 0.0827. The van der Waals surface area contributed by atoms with E-state index in [9.17, 15) is 4.79 Å². The van der Waals surface area contributed by atoms with Crippen molar-refractivity contribution in [3.63, 3.8) is 0 Å². The third kappa shape index (κ3) is 2.63. The van der Waals surface area contributed by atoms with Crippen LogP contribution in [0.4, 0.5) is 5.69 Å². The topological polar surface area (TPSA) is 64.2 Å². The molecule has 112 valence electrons. The predicted molar refractivity (Wildman–Crippen MR) is 84.8 cm³/mol. The summed E-state index contributed by atoms with van der Waals surface area (Å²) >= 11 is 0. The summed E-state index contributed by atoms with van der Waals surface area (Å²) in [6.07, 6.45) is 0.914. The average Bonchev–Trinajstić information content (AvgIpc) is 2.72. The van der Waals surface area contributed by atoms with E-state index in [-0.39, 0.29) is 5.91 Å². The fraction of sp³-hybridized carbons (Fsp3) is 0.375. The maximum atomic E-state index is 12.4. The minimum atomic E-state index is -0.0596. The first-order valence-corrected chi connectivity index (χ1v) is 7.03. The Balaban J connectivity index is 2.68. The Labute approximate surface area is 125 Å². The summed E-state index contributed by atoms with van der Waals surface area (Å²) in [5.74, 6) is -0.0596. The molecule has 1 aromatic heterocycles. The van der Waals surface area contributed by atoms with E-state index in [4.69, 9.17) is 5.73 Å². The molecular weight excluding hydrogens is 264 g/mol. The van der Waals surface area contributed by atoms with Crippen LogP contribution in [0.15, 0.2) is 18.2 Å². The van der Waals surface area contributed by atoms with Crippen molar-refractivity contribution < 1.29 is 4.79 Å². The average molecular weight is 286 g/mol. The number of carbonyl (C=O) groups excluding carboxylic acids is 1. The summed E-state index contributed by atoms with van der Waals surface area (Å²) < 4.78 is 1.82. The van der Waals surface area contributed by atoms with Gasteiger partial charge in [0.25, 0.3) is 5.91 Å². The highest BCUT2D eigenvalue weighted by molar-refractivity contribution is 5.98. The highest BCUT2D eigenvalue weighted by atomic mass is 16.2. The fourth-order valence-corrected chi connectivity index (χ4v) is 2.57. The monoisotopic (exact) mass is 286 g/mol. The van der Waals surface area contributed by atoms with Crippen LogP contribution in [0.5, 0.6) is 0 Å². The van der Waals surface area contributed by atoms with E-state index in [0.29, 0.717) is 11.3 Å². The van der Waals surface area contributed by atoms with Gasteiger partial charge in [-0.15, -0.1) is 0 Å². The van der Waals surface area contributed by atoms with Gasteiger partial charge in [-0.2, -0.15) is 5.10 Å². The maximum absolute atomic E-state index is 12.4. The van der Waals surface area contributed by atoms with Gasteiger partial charge in [0, 0.05) is 25.5 Å². The Kier molecular flexibility index (Phi) is 4.02. The lowest BCUT2D eigenvalue weighted by Gasteiger charge is -2.15. The second-order valence-electron chi connectivity index (χ2n) is 5.39. The van der Waals surface area contributed by atoms with Crippen LogP contribution >= 0.6 is 0 Å². The quantitative estimate of drug-likeness (QED) is 0.881. The Morgan fingerprint density at radius 1 is 1.33 bits per heavy atom. The number of benzene rings is 1. The summed E-state index contributed by atoms with van der Waals surface area (Å²) in [5, 5.41) is 4.59. The van der Waals surface area contributed by atoms with E-state index in [1.807, 2.05) is 18.5 Å². The van der Waals surface area contributed by atoms with Crippen molar-refractivity contribution in [3.05, 3.63) is 40.7 Å². The fourth-order valence-electron chi connectivity index (χ4n) is 2.57. The van der Waals surface area contributed by atoms with Crippen LogP contribution in [0.1, 0.15) is 34.2 Å². The van der Waals surface area contributed by atoms with Gasteiger partial charge in [-0.25, -0.2) is 4.68 Å². The van der Waals surface area contributed by atoms with Gasteiger partial charge in [-0.1, -0.05) is 6.92 Å². The van der Waals surface area contributed by atoms with Crippen LogP contribution in [-0.2, 0) is 6.42 Å². The Hall–Kier alpha value is -2.30. The minimum absolute atomic E-state index is 0.0596. The van der Waals surface area contributed by atoms with Crippen molar-refractivity contribution in [1.29, 1.82) is 0 Å². The van der Waals surface area contributed by atoms with Crippen LogP contribution in [0.3, 0.4) is 0 Å². The summed E-state index contributed by atoms with van der Waals surface area (Å²) in [6, 6.07) is 5.30. The number of hydrogen-bond donors (Lipinski definition) is 1. The van der Waals surface area contributed by atoms with Crippen LogP contribution in [-0.4, -0.2) is 34.7 Å². The van der Waals surface area contributed by atoms with Crippen molar-refractivity contribution in [2.75, 3.05) is 19.8 Å². The Morgan fingerprint density at radius 2 is 2.00 bits per heavy atom. The number of nitrogens with two attached hydrogens (primary N) is 1. The van der Waals surface area contributed by atoms with Crippen molar-refractivity contribution in [2.45, 2.75) is 27.2 Å². The number of nitrogen functional groups attached to an aromatic ring is 1. The molecule has 0 spiro atoms. The first-order valence-electron chi connectivity index (χ1n) is 7.03. The molecule has 1 amide bonds. The maximum Gasteiger partial charge on any atom is 0.255 e. The molecule has 0 saturated heterocycles. The van der Waals surface area contributed by atoms with Gasteiger partial charge >= 0.3 is 0 Å². The summed E-state index contributed by atoms with van der Waals surface area (Å²) in [4.78, 5) is 13.9. The van der Waals surface area contributed by atoms with Gasteiger partial charge in [0.1, 0.15) is 0 Å². The molecule has 5 nitrogen and oxygen atoms in total. The van der Waals surface area contributed by atoms with Gasteiger partial charge in [0.2, 0.25) is 0 Å². The van der Waals surface area contributed by atoms with Gasteiger partial charge < -0.3 is 10.6 Å². The zero-order valence-electron chi connectivity index (χ0n) is 13.3. The molecule has 21 heavy (non-hydrogen) atoms. The minimum Gasteiger partial charge on any atom is -0.399 e. The smallest absolute Gasteiger partial charge is 0.255 e. The molecule has 1 aromatic carbocycles. The first-order chi connectivity index (χ1) is 9.86. The molecule has 0 saturated carbocycles. The molecular formula is C16H22N4O. The third-order valence-electron chi connectivity index (χ3n) is 3.68. The van der Waals surface area contributed by atoms with E-state index in [1.54, 1.807) is 37.2 Å². The second-order valence-corrected chi connectivity index (χ2v) is 5.39. The first kappa shape index (κ1) is 15.1. The number of hydrogen-bond acceptors (Lipinski definition) is 3. The summed E-state index contributed by atoms with van der Waals surface area (Å²) in [5.41, 5.74) is 11.1. The molecule has 2 N–H and O–H groups in total. The lowest BCUT2D eigenvalue weighted by Crippen LogP contribution is -2.23. The third-order valence-corrected chi connectivity index (χ3v) is 3.68. The van der Waals surface area contributed by atoms with Crippen LogP contribution in [0, 0.1) is 13.8 Å². The number of carbonyl (C=O) groups is 1. The highest BCUT2D eigenvalue weighted by Crippen LogP contribution is 2.24. The zero-order chi connectivity index (χ0) is 15.7. The second kappa shape index (κ2) is 5.60. The van der Waals surface area contributed by atoms with E-state index in [1.165, 1.54) is 5.56 Å². The molecule has 2 aromatic rings. The molecule has 0 aliphatic rings. The molecule has 2 rings (SSSR count). The molecule has 0 aliphatic heterocycles. The highest BCUT2D eigenvalue weighted by Gasteiger charge is 2.19. The SMILES string of the molecule is CCc1c(C)nn(-c2cc(N)ccc2C(=O)N(C)C)c1C. The number of aryl methyl sites for hydroxylation is 1. The lowest BCUT2D eigenvalue weighted by atomic mass is 10.1. The zero-order valence-corrected chi connectivity index (χ0v) is 13.3. The summed E-state index contributed by atoms with van der Waals surface area (Å²) in [6.45, 7) is 6.11. The van der Waals surface area contributed by atoms with Crippen molar-refractivity contribution in [2.24, 2.45) is 0 Å². The Morgan fingerprint density at radius 3 is 2.52 bits per heavy atom. The van der Waals surface area contributed by atoms with Crippen LogP contribution < -0.4 is 5.73 Å². The van der Waals surface area contributed by atoms with Crippen LogP contribution in [0.2, 0.25) is 0 Å².